The Morgan fingerprint density at radius 1 is 1.18 bits per heavy atom. The van der Waals surface area contributed by atoms with Gasteiger partial charge in [0.1, 0.15) is 17.2 Å². The highest BCUT2D eigenvalue weighted by Gasteiger charge is 2.52. The fourth-order valence-corrected chi connectivity index (χ4v) is 3.68. The maximum atomic E-state index is 13.6. The SMILES string of the molecule is CC[C@]1(c2ccccc2)NC(=O)N(NC(=O)CSc2cc(F)ccc2F)C1=O. The smallest absolute Gasteiger partial charge is 0.318 e. The van der Waals surface area contributed by atoms with Gasteiger partial charge in [0.15, 0.2) is 0 Å². The number of imide groups is 1. The summed E-state index contributed by atoms with van der Waals surface area (Å²) in [7, 11) is 0. The molecule has 1 fully saturated rings. The van der Waals surface area contributed by atoms with E-state index in [2.05, 4.69) is 10.7 Å². The molecule has 0 radical (unpaired) electrons. The van der Waals surface area contributed by atoms with E-state index < -0.39 is 35.0 Å². The molecule has 3 rings (SSSR count). The number of carbonyl (C=O) groups is 3. The number of carbonyl (C=O) groups excluding carboxylic acids is 3. The number of nitrogens with one attached hydrogen (secondary N) is 2. The van der Waals surface area contributed by atoms with Crippen LogP contribution >= 0.6 is 11.8 Å². The number of halogens is 2. The molecule has 1 heterocycles. The average Bonchev–Trinajstić information content (AvgIpc) is 2.94. The molecule has 0 bridgehead atoms. The first kappa shape index (κ1) is 19.8. The van der Waals surface area contributed by atoms with Crippen molar-refractivity contribution in [2.45, 2.75) is 23.8 Å². The zero-order valence-electron chi connectivity index (χ0n) is 14.9. The van der Waals surface area contributed by atoms with Gasteiger partial charge in [0.05, 0.1) is 5.75 Å². The van der Waals surface area contributed by atoms with Gasteiger partial charge in [-0.2, -0.15) is 5.01 Å². The molecule has 0 saturated carbocycles. The molecule has 1 atom stereocenters. The molecule has 2 N–H and O–H groups in total. The number of hydrogen-bond acceptors (Lipinski definition) is 4. The number of amides is 4. The number of urea groups is 1. The number of benzene rings is 2. The molecule has 4 amide bonds. The van der Waals surface area contributed by atoms with Crippen molar-refractivity contribution in [2.24, 2.45) is 0 Å². The maximum absolute atomic E-state index is 13.6. The second-order valence-corrected chi connectivity index (χ2v) is 7.11. The van der Waals surface area contributed by atoms with E-state index in [1.807, 2.05) is 0 Å². The molecule has 0 unspecified atom stereocenters. The van der Waals surface area contributed by atoms with Crippen LogP contribution in [0.25, 0.3) is 0 Å². The third-order valence-electron chi connectivity index (χ3n) is 4.38. The lowest BCUT2D eigenvalue weighted by Gasteiger charge is -2.25. The van der Waals surface area contributed by atoms with Gasteiger partial charge in [-0.05, 0) is 30.2 Å². The van der Waals surface area contributed by atoms with Crippen molar-refractivity contribution in [2.75, 3.05) is 5.75 Å². The summed E-state index contributed by atoms with van der Waals surface area (Å²) in [6.07, 6.45) is 0.289. The normalized spacial score (nSPS) is 18.9. The molecule has 2 aromatic carbocycles. The number of nitrogens with zero attached hydrogens (tertiary/aromatic N) is 1. The lowest BCUT2D eigenvalue weighted by molar-refractivity contribution is -0.138. The van der Waals surface area contributed by atoms with E-state index in [1.165, 1.54) is 0 Å². The fourth-order valence-electron chi connectivity index (χ4n) is 2.93. The van der Waals surface area contributed by atoms with Gasteiger partial charge >= 0.3 is 6.03 Å². The molecular weight excluding hydrogens is 388 g/mol. The summed E-state index contributed by atoms with van der Waals surface area (Å²) >= 11 is 0.760. The molecule has 0 aliphatic carbocycles. The largest absolute Gasteiger partial charge is 0.344 e. The minimum Gasteiger partial charge on any atom is -0.318 e. The van der Waals surface area contributed by atoms with E-state index in [0.717, 1.165) is 30.0 Å². The summed E-state index contributed by atoms with van der Waals surface area (Å²) in [6, 6.07) is 10.9. The summed E-state index contributed by atoms with van der Waals surface area (Å²) in [4.78, 5) is 37.3. The lowest BCUT2D eigenvalue weighted by Crippen LogP contribution is -2.49. The highest BCUT2D eigenvalue weighted by molar-refractivity contribution is 8.00. The van der Waals surface area contributed by atoms with Gasteiger partial charge in [0.25, 0.3) is 5.91 Å². The Morgan fingerprint density at radius 2 is 1.89 bits per heavy atom. The Balaban J connectivity index is 1.70. The first-order valence-electron chi connectivity index (χ1n) is 8.47. The highest BCUT2D eigenvalue weighted by atomic mass is 32.2. The van der Waals surface area contributed by atoms with E-state index in [9.17, 15) is 23.2 Å². The van der Waals surface area contributed by atoms with Crippen LogP contribution in [-0.4, -0.2) is 28.6 Å². The Kier molecular flexibility index (Phi) is 5.64. The van der Waals surface area contributed by atoms with Gasteiger partial charge in [0, 0.05) is 4.90 Å². The van der Waals surface area contributed by atoms with Crippen LogP contribution in [0, 0.1) is 11.6 Å². The Bertz CT molecular complexity index is 926. The van der Waals surface area contributed by atoms with Gasteiger partial charge in [-0.25, -0.2) is 13.6 Å². The monoisotopic (exact) mass is 405 g/mol. The standard InChI is InChI=1S/C19H17F2N3O3S/c1-2-19(12-6-4-3-5-7-12)17(26)24(18(27)22-19)23-16(25)11-28-15-10-13(20)8-9-14(15)21/h3-10H,2,11H2,1H3,(H,22,27)(H,23,25)/t19-/m1/s1. The van der Waals surface area contributed by atoms with Crippen molar-refractivity contribution in [1.29, 1.82) is 0 Å². The molecule has 0 spiro atoms. The van der Waals surface area contributed by atoms with Crippen molar-refractivity contribution in [3.63, 3.8) is 0 Å². The van der Waals surface area contributed by atoms with Crippen LogP contribution in [0.2, 0.25) is 0 Å². The van der Waals surface area contributed by atoms with Crippen molar-refractivity contribution in [1.82, 2.24) is 15.8 Å². The highest BCUT2D eigenvalue weighted by Crippen LogP contribution is 2.31. The van der Waals surface area contributed by atoms with Crippen molar-refractivity contribution in [3.8, 4) is 0 Å². The van der Waals surface area contributed by atoms with Crippen LogP contribution in [0.5, 0.6) is 0 Å². The van der Waals surface area contributed by atoms with Crippen LogP contribution < -0.4 is 10.7 Å². The topological polar surface area (TPSA) is 78.5 Å². The number of rotatable bonds is 6. The quantitative estimate of drug-likeness (QED) is 0.572. The molecule has 2 aromatic rings. The van der Waals surface area contributed by atoms with Crippen molar-refractivity contribution >= 4 is 29.6 Å². The Hall–Kier alpha value is -2.94. The molecule has 146 valence electrons. The second kappa shape index (κ2) is 7.97. The second-order valence-electron chi connectivity index (χ2n) is 6.09. The average molecular weight is 405 g/mol. The van der Waals surface area contributed by atoms with Gasteiger partial charge in [-0.1, -0.05) is 37.3 Å². The van der Waals surface area contributed by atoms with Crippen LogP contribution in [0.3, 0.4) is 0 Å². The third kappa shape index (κ3) is 3.70. The molecule has 1 aliphatic rings. The first-order valence-corrected chi connectivity index (χ1v) is 9.45. The van der Waals surface area contributed by atoms with Gasteiger partial charge in [-0.15, -0.1) is 11.8 Å². The lowest BCUT2D eigenvalue weighted by atomic mass is 9.87. The van der Waals surface area contributed by atoms with E-state index in [1.54, 1.807) is 37.3 Å². The van der Waals surface area contributed by atoms with Gasteiger partial charge in [0.2, 0.25) is 5.91 Å². The molecule has 0 aromatic heterocycles. The minimum atomic E-state index is -1.27. The Labute approximate surface area is 164 Å². The van der Waals surface area contributed by atoms with Gasteiger partial charge < -0.3 is 5.32 Å². The van der Waals surface area contributed by atoms with Crippen LogP contribution in [0.1, 0.15) is 18.9 Å². The van der Waals surface area contributed by atoms with Crippen LogP contribution in [0.4, 0.5) is 13.6 Å². The third-order valence-corrected chi connectivity index (χ3v) is 5.41. The number of hydrogen-bond donors (Lipinski definition) is 2. The number of hydrazine groups is 1. The fraction of sp³-hybridized carbons (Fsp3) is 0.211. The van der Waals surface area contributed by atoms with E-state index in [0.29, 0.717) is 10.6 Å². The summed E-state index contributed by atoms with van der Waals surface area (Å²) in [5, 5.41) is 3.26. The van der Waals surface area contributed by atoms with E-state index >= 15 is 0 Å². The molecule has 6 nitrogen and oxygen atoms in total. The predicted molar refractivity (Wildman–Crippen MR) is 99.0 cm³/mol. The van der Waals surface area contributed by atoms with Crippen molar-refractivity contribution in [3.05, 3.63) is 65.7 Å². The van der Waals surface area contributed by atoms with E-state index in [4.69, 9.17) is 0 Å². The molecule has 1 aliphatic heterocycles. The van der Waals surface area contributed by atoms with Crippen molar-refractivity contribution < 1.29 is 23.2 Å². The summed E-state index contributed by atoms with van der Waals surface area (Å²) in [6.45, 7) is 1.75. The predicted octanol–water partition coefficient (Wildman–Crippen LogP) is 2.95. The molecule has 9 heteroatoms. The molecule has 1 saturated heterocycles. The molecule has 28 heavy (non-hydrogen) atoms. The Morgan fingerprint density at radius 3 is 2.57 bits per heavy atom. The zero-order valence-corrected chi connectivity index (χ0v) is 15.7. The summed E-state index contributed by atoms with van der Waals surface area (Å²) in [5.41, 5.74) is 1.57. The minimum absolute atomic E-state index is 0.0421. The van der Waals surface area contributed by atoms with Crippen LogP contribution in [-0.2, 0) is 15.1 Å². The van der Waals surface area contributed by atoms with E-state index in [-0.39, 0.29) is 17.1 Å². The summed E-state index contributed by atoms with van der Waals surface area (Å²) in [5.74, 6) is -2.90. The number of thioether (sulfide) groups is 1. The first-order chi connectivity index (χ1) is 13.4. The van der Waals surface area contributed by atoms with Gasteiger partial charge in [-0.3, -0.25) is 15.0 Å². The molecular formula is C19H17F2N3O3S. The van der Waals surface area contributed by atoms with Crippen LogP contribution in [0.15, 0.2) is 53.4 Å². The summed E-state index contributed by atoms with van der Waals surface area (Å²) < 4.78 is 26.8. The zero-order chi connectivity index (χ0) is 20.3. The maximum Gasteiger partial charge on any atom is 0.344 e.